The molecule has 0 aromatic heterocycles. The van der Waals surface area contributed by atoms with Crippen molar-refractivity contribution in [1.82, 2.24) is 5.32 Å². The molecule has 2 aromatic carbocycles. The fraction of sp³-hybridized carbons (Fsp3) is 0.364. The molecule has 5 nitrogen and oxygen atoms in total. The average Bonchev–Trinajstić information content (AvgIpc) is 3.32. The molecular weight excluding hydrogens is 666 g/mol. The smallest absolute Gasteiger partial charge is 0.372 e. The van der Waals surface area contributed by atoms with E-state index in [2.05, 4.69) is 38.0 Å². The first-order valence-electron chi connectivity index (χ1n) is 10.2. The minimum atomic E-state index is -4.40. The zero-order valence-corrected chi connectivity index (χ0v) is 22.9. The number of anilines is 1. The van der Waals surface area contributed by atoms with Crippen molar-refractivity contribution >= 4 is 86.5 Å². The van der Waals surface area contributed by atoms with Gasteiger partial charge in [0.05, 0.1) is 16.5 Å². The van der Waals surface area contributed by atoms with Crippen molar-refractivity contribution in [3.05, 3.63) is 61.1 Å². The van der Waals surface area contributed by atoms with Crippen LogP contribution in [-0.4, -0.2) is 42.1 Å². The van der Waals surface area contributed by atoms with E-state index >= 15 is 0 Å². The molecule has 0 heterocycles. The van der Waals surface area contributed by atoms with Crippen molar-refractivity contribution in [3.63, 3.8) is 0 Å². The number of nitrogens with one attached hydrogen (secondary N) is 2. The number of halogens is 8. The van der Waals surface area contributed by atoms with E-state index in [0.717, 1.165) is 9.13 Å². The third-order valence-electron chi connectivity index (χ3n) is 5.08. The number of amides is 2. The second-order valence-corrected chi connectivity index (χ2v) is 11.3. The lowest BCUT2D eigenvalue weighted by molar-refractivity contribution is -0.173. The van der Waals surface area contributed by atoms with Crippen molar-refractivity contribution in [1.29, 1.82) is 0 Å². The first-order valence-corrected chi connectivity index (χ1v) is 12.8. The molecule has 13 heteroatoms. The molecule has 1 aliphatic carbocycles. The minimum Gasteiger partial charge on any atom is -0.372 e. The summed E-state index contributed by atoms with van der Waals surface area (Å²) in [6, 6.07) is 9.67. The fourth-order valence-corrected chi connectivity index (χ4v) is 5.63. The van der Waals surface area contributed by atoms with Gasteiger partial charge >= 0.3 is 6.18 Å². The van der Waals surface area contributed by atoms with Crippen LogP contribution in [0.2, 0.25) is 10.0 Å². The summed E-state index contributed by atoms with van der Waals surface area (Å²) >= 11 is 27.1. The Labute approximate surface area is 233 Å². The monoisotopic (exact) mass is 682 g/mol. The van der Waals surface area contributed by atoms with Crippen LogP contribution in [0, 0.1) is 9.49 Å². The highest BCUT2D eigenvalue weighted by atomic mass is 127. The lowest BCUT2D eigenvalue weighted by Crippen LogP contribution is -2.26. The van der Waals surface area contributed by atoms with Gasteiger partial charge in [0.2, 0.25) is 5.91 Å². The molecule has 2 aromatic rings. The van der Waals surface area contributed by atoms with Crippen molar-refractivity contribution in [2.45, 2.75) is 22.8 Å². The molecule has 0 saturated heterocycles. The Morgan fingerprint density at radius 1 is 1.11 bits per heavy atom. The van der Waals surface area contributed by atoms with E-state index < -0.39 is 40.8 Å². The zero-order chi connectivity index (χ0) is 26.0. The number of hydrogen-bond donors (Lipinski definition) is 2. The molecule has 35 heavy (non-hydrogen) atoms. The molecule has 1 fully saturated rings. The van der Waals surface area contributed by atoms with Crippen LogP contribution in [0.4, 0.5) is 18.9 Å². The number of hydrogen-bond acceptors (Lipinski definition) is 3. The predicted octanol–water partition coefficient (Wildman–Crippen LogP) is 6.82. The van der Waals surface area contributed by atoms with Crippen LogP contribution in [-0.2, 0) is 9.53 Å². The lowest BCUT2D eigenvalue weighted by Gasteiger charge is -2.11. The van der Waals surface area contributed by atoms with Gasteiger partial charge in [0.25, 0.3) is 5.91 Å². The van der Waals surface area contributed by atoms with E-state index in [1.807, 2.05) is 6.07 Å². The molecule has 2 amide bonds. The van der Waals surface area contributed by atoms with Crippen molar-refractivity contribution < 1.29 is 27.5 Å². The second-order valence-electron chi connectivity index (χ2n) is 7.79. The Morgan fingerprint density at radius 3 is 2.49 bits per heavy atom. The van der Waals surface area contributed by atoms with Gasteiger partial charge in [-0.2, -0.15) is 13.2 Å². The predicted molar refractivity (Wildman–Crippen MR) is 139 cm³/mol. The summed E-state index contributed by atoms with van der Waals surface area (Å²) in [5.74, 6) is -2.20. The van der Waals surface area contributed by atoms with Gasteiger partial charge in [-0.05, 0) is 71.0 Å². The highest BCUT2D eigenvalue weighted by Crippen LogP contribution is 2.65. The number of alkyl halides is 5. The Balaban J connectivity index is 1.59. The van der Waals surface area contributed by atoms with Gasteiger partial charge in [0.1, 0.15) is 10.9 Å². The van der Waals surface area contributed by atoms with E-state index in [9.17, 15) is 22.8 Å². The molecule has 0 bridgehead atoms. The van der Waals surface area contributed by atoms with Gasteiger partial charge in [0, 0.05) is 33.3 Å². The van der Waals surface area contributed by atoms with Gasteiger partial charge in [0.15, 0.2) is 0 Å². The average molecular weight is 684 g/mol. The Kier molecular flexibility index (Phi) is 9.48. The van der Waals surface area contributed by atoms with Gasteiger partial charge in [-0.25, -0.2) is 0 Å². The summed E-state index contributed by atoms with van der Waals surface area (Å²) < 4.78 is 40.2. The summed E-state index contributed by atoms with van der Waals surface area (Å²) in [6.45, 7) is -1.44. The van der Waals surface area contributed by atoms with E-state index in [-0.39, 0.29) is 30.2 Å². The highest BCUT2D eigenvalue weighted by molar-refractivity contribution is 14.1. The third-order valence-corrected chi connectivity index (χ3v) is 7.19. The van der Waals surface area contributed by atoms with Crippen LogP contribution in [0.15, 0.2) is 36.4 Å². The molecule has 3 rings (SSSR count). The topological polar surface area (TPSA) is 67.4 Å². The number of carbonyl (C=O) groups is 2. The van der Waals surface area contributed by atoms with Gasteiger partial charge < -0.3 is 15.4 Å². The quantitative estimate of drug-likeness (QED) is 0.173. The largest absolute Gasteiger partial charge is 0.411 e. The van der Waals surface area contributed by atoms with Crippen LogP contribution in [0.3, 0.4) is 0 Å². The van der Waals surface area contributed by atoms with Crippen LogP contribution in [0.5, 0.6) is 0 Å². The van der Waals surface area contributed by atoms with Crippen molar-refractivity contribution in [3.8, 4) is 0 Å². The summed E-state index contributed by atoms with van der Waals surface area (Å²) in [4.78, 5) is 25.4. The number of carbonyl (C=O) groups excluding carboxylic acids is 2. The van der Waals surface area contributed by atoms with E-state index in [4.69, 9.17) is 46.4 Å². The second kappa shape index (κ2) is 11.6. The Hall–Kier alpha value is -0.980. The molecule has 0 spiro atoms. The normalized spacial score (nSPS) is 18.7. The van der Waals surface area contributed by atoms with Gasteiger partial charge in [-0.15, -0.1) is 23.2 Å². The van der Waals surface area contributed by atoms with Crippen LogP contribution < -0.4 is 10.6 Å². The molecule has 2 N–H and O–H groups in total. The molecule has 2 unspecified atom stereocenters. The first-order chi connectivity index (χ1) is 16.3. The standard InChI is InChI=1S/C22H18Cl4F3IN2O3/c23-12-6-11(7-13(30)8-12)17-18(22(17,25)26)20(34)32-14-2-3-16(24)15(9-14)19(33)31-4-1-5-35-10-21(27,28)29/h2-3,6-9,17-18H,1,4-5,10H2,(H,31,33)(H,32,34). The van der Waals surface area contributed by atoms with Crippen molar-refractivity contribution in [2.24, 2.45) is 5.92 Å². The Bertz CT molecular complexity index is 1100. The maximum Gasteiger partial charge on any atom is 0.411 e. The molecule has 1 saturated carbocycles. The van der Waals surface area contributed by atoms with Crippen LogP contribution >= 0.6 is 69.0 Å². The summed E-state index contributed by atoms with van der Waals surface area (Å²) in [6.07, 6.45) is -4.23. The third kappa shape index (κ3) is 7.75. The fourth-order valence-electron chi connectivity index (χ4n) is 3.48. The van der Waals surface area contributed by atoms with Crippen molar-refractivity contribution in [2.75, 3.05) is 25.1 Å². The maximum absolute atomic E-state index is 12.9. The SMILES string of the molecule is O=C(NCCCOCC(F)(F)F)c1cc(NC(=O)C2C(c3cc(Cl)cc(I)c3)C2(Cl)Cl)ccc1Cl. The maximum atomic E-state index is 12.9. The molecule has 0 aliphatic heterocycles. The molecule has 0 radical (unpaired) electrons. The number of rotatable bonds is 9. The summed E-state index contributed by atoms with van der Waals surface area (Å²) in [7, 11) is 0. The van der Waals surface area contributed by atoms with Gasteiger partial charge in [-0.3, -0.25) is 9.59 Å². The molecule has 190 valence electrons. The molecule has 1 aliphatic rings. The minimum absolute atomic E-state index is 0.0762. The van der Waals surface area contributed by atoms with Crippen LogP contribution in [0.25, 0.3) is 0 Å². The zero-order valence-electron chi connectivity index (χ0n) is 17.7. The molecular formula is C22H18Cl4F3IN2O3. The van der Waals surface area contributed by atoms with E-state index in [0.29, 0.717) is 10.7 Å². The Morgan fingerprint density at radius 2 is 1.83 bits per heavy atom. The lowest BCUT2D eigenvalue weighted by atomic mass is 10.1. The van der Waals surface area contributed by atoms with Gasteiger partial charge in [-0.1, -0.05) is 23.2 Å². The first kappa shape index (κ1) is 28.6. The summed E-state index contributed by atoms with van der Waals surface area (Å²) in [5, 5.41) is 5.89. The van der Waals surface area contributed by atoms with Crippen LogP contribution in [0.1, 0.15) is 28.3 Å². The highest BCUT2D eigenvalue weighted by Gasteiger charge is 2.67. The van der Waals surface area contributed by atoms with E-state index in [1.165, 1.54) is 18.2 Å². The number of benzene rings is 2. The summed E-state index contributed by atoms with van der Waals surface area (Å²) in [5.41, 5.74) is 1.12. The van der Waals surface area contributed by atoms with E-state index in [1.54, 1.807) is 12.1 Å². The number of ether oxygens (including phenoxy) is 1. The molecule has 2 atom stereocenters.